The molecule has 7 heteroatoms. The van der Waals surface area contributed by atoms with E-state index in [4.69, 9.17) is 0 Å². The van der Waals surface area contributed by atoms with E-state index in [1.807, 2.05) is 0 Å². The molecule has 15 heavy (non-hydrogen) atoms. The average Bonchev–Trinajstić information content (AvgIpc) is 2.65. The van der Waals surface area contributed by atoms with Crippen molar-refractivity contribution in [3.05, 3.63) is 22.4 Å². The van der Waals surface area contributed by atoms with Crippen LogP contribution >= 0.6 is 0 Å². The van der Waals surface area contributed by atoms with Gasteiger partial charge in [-0.15, -0.1) is 0 Å². The van der Waals surface area contributed by atoms with Gasteiger partial charge in [0.2, 0.25) is 0 Å². The van der Waals surface area contributed by atoms with Crippen molar-refractivity contribution in [1.82, 2.24) is 5.10 Å². The van der Waals surface area contributed by atoms with Crippen molar-refractivity contribution >= 4 is 11.8 Å². The summed E-state index contributed by atoms with van der Waals surface area (Å²) in [6.07, 6.45) is 2.23. The van der Waals surface area contributed by atoms with Crippen molar-refractivity contribution in [2.45, 2.75) is 19.4 Å². The van der Waals surface area contributed by atoms with Crippen LogP contribution in [0.15, 0.2) is 12.3 Å². The number of nitrogens with one attached hydrogen (secondary N) is 1. The first-order valence-corrected chi connectivity index (χ1v) is 4.43. The highest BCUT2D eigenvalue weighted by atomic mass is 16.6. The number of hydrogen-bond donors (Lipinski definition) is 1. The Labute approximate surface area is 85.8 Å². The number of nitrogens with zero attached hydrogens (tertiary/aromatic N) is 2. The summed E-state index contributed by atoms with van der Waals surface area (Å²) in [6.45, 7) is 0.387. The molecule has 0 saturated heterocycles. The van der Waals surface area contributed by atoms with Gasteiger partial charge in [-0.2, -0.15) is 5.10 Å². The lowest BCUT2D eigenvalue weighted by atomic mass is 10.3. The second kappa shape index (κ2) is 5.08. The van der Waals surface area contributed by atoms with Crippen molar-refractivity contribution < 1.29 is 19.1 Å². The normalized spacial score (nSPS) is 9.93. The molecule has 0 spiro atoms. The Bertz CT molecular complexity index is 361. The van der Waals surface area contributed by atoms with Crippen LogP contribution in [0.3, 0.4) is 0 Å². The van der Waals surface area contributed by atoms with Crippen LogP contribution in [0.4, 0.5) is 5.82 Å². The number of hydrogen-bond acceptors (Lipinski definition) is 4. The Morgan fingerprint density at radius 2 is 2.47 bits per heavy atom. The fourth-order valence-corrected chi connectivity index (χ4v) is 1.18. The summed E-state index contributed by atoms with van der Waals surface area (Å²) in [6, 6.07) is 1.37. The third kappa shape index (κ3) is 3.04. The van der Waals surface area contributed by atoms with Crippen molar-refractivity contribution in [3.8, 4) is 0 Å². The van der Waals surface area contributed by atoms with Crippen LogP contribution in [0.2, 0.25) is 0 Å². The molecule has 1 aromatic heterocycles. The van der Waals surface area contributed by atoms with Crippen LogP contribution in [-0.4, -0.2) is 23.1 Å². The van der Waals surface area contributed by atoms with Crippen LogP contribution in [0.5, 0.6) is 0 Å². The lowest BCUT2D eigenvalue weighted by Crippen LogP contribution is -2.37. The molecule has 82 valence electrons. The number of carbonyl (C=O) groups is 1. The average molecular weight is 214 g/mol. The number of carbonyl (C=O) groups excluding carboxylic acids is 1. The Kier molecular flexibility index (Phi) is 3.78. The number of aryl methyl sites for hydroxylation is 1. The molecule has 0 aliphatic carbocycles. The molecule has 0 bridgehead atoms. The number of methoxy groups -OCH3 is 1. The summed E-state index contributed by atoms with van der Waals surface area (Å²) in [7, 11) is 1.31. The largest absolute Gasteiger partial charge is 0.526 e. The summed E-state index contributed by atoms with van der Waals surface area (Å²) in [5.74, 6) is -0.329. The molecule has 0 radical (unpaired) electrons. The maximum Gasteiger partial charge on any atom is 0.526 e. The SMILES string of the molecule is COC(=O)CCC[n+]1[nH]ccc1[N+](=O)[O-]. The van der Waals surface area contributed by atoms with Crippen LogP contribution < -0.4 is 4.68 Å². The summed E-state index contributed by atoms with van der Waals surface area (Å²) in [5.41, 5.74) is 0. The molecule has 0 fully saturated rings. The second-order valence-electron chi connectivity index (χ2n) is 2.91. The van der Waals surface area contributed by atoms with Gasteiger partial charge in [-0.1, -0.05) is 0 Å². The molecule has 0 aromatic carbocycles. The van der Waals surface area contributed by atoms with Gasteiger partial charge in [0.05, 0.1) is 19.7 Å². The fraction of sp³-hybridized carbons (Fsp3) is 0.500. The third-order valence-electron chi connectivity index (χ3n) is 1.92. The first-order chi connectivity index (χ1) is 7.15. The van der Waals surface area contributed by atoms with E-state index in [0.717, 1.165) is 0 Å². The molecule has 0 aliphatic rings. The second-order valence-corrected chi connectivity index (χ2v) is 2.91. The van der Waals surface area contributed by atoms with E-state index in [1.54, 1.807) is 0 Å². The Balaban J connectivity index is 2.47. The van der Waals surface area contributed by atoms with E-state index in [1.165, 1.54) is 24.1 Å². The zero-order valence-corrected chi connectivity index (χ0v) is 8.30. The van der Waals surface area contributed by atoms with Crippen molar-refractivity contribution in [2.75, 3.05) is 7.11 Å². The van der Waals surface area contributed by atoms with Crippen molar-refractivity contribution in [1.29, 1.82) is 0 Å². The number of ether oxygens (including phenoxy) is 1. The molecule has 1 heterocycles. The quantitative estimate of drug-likeness (QED) is 0.327. The molecule has 0 saturated carbocycles. The lowest BCUT2D eigenvalue weighted by Gasteiger charge is -1.95. The van der Waals surface area contributed by atoms with Gasteiger partial charge in [-0.05, 0) is 4.68 Å². The smallest absolute Gasteiger partial charge is 0.469 e. The maximum atomic E-state index is 10.8. The first-order valence-electron chi connectivity index (χ1n) is 4.43. The summed E-state index contributed by atoms with van der Waals surface area (Å²) in [5, 5.41) is 13.2. The van der Waals surface area contributed by atoms with Crippen molar-refractivity contribution in [2.24, 2.45) is 0 Å². The monoisotopic (exact) mass is 214 g/mol. The molecule has 0 amide bonds. The van der Waals surface area contributed by atoms with Gasteiger partial charge in [-0.3, -0.25) is 14.9 Å². The number of esters is 1. The Morgan fingerprint density at radius 3 is 3.07 bits per heavy atom. The van der Waals surface area contributed by atoms with E-state index in [9.17, 15) is 14.9 Å². The molecule has 7 nitrogen and oxygen atoms in total. The molecule has 0 aliphatic heterocycles. The van der Waals surface area contributed by atoms with E-state index in [-0.39, 0.29) is 18.2 Å². The zero-order valence-electron chi connectivity index (χ0n) is 8.30. The fourth-order valence-electron chi connectivity index (χ4n) is 1.18. The maximum absolute atomic E-state index is 10.8. The number of aromatic nitrogens is 2. The van der Waals surface area contributed by atoms with Crippen molar-refractivity contribution in [3.63, 3.8) is 0 Å². The van der Waals surface area contributed by atoms with Gasteiger partial charge >= 0.3 is 11.8 Å². The molecule has 0 atom stereocenters. The number of nitro groups is 1. The Morgan fingerprint density at radius 1 is 1.73 bits per heavy atom. The van der Waals surface area contributed by atoms with Crippen LogP contribution in [0, 0.1) is 10.1 Å². The number of rotatable bonds is 5. The predicted molar refractivity (Wildman–Crippen MR) is 48.9 cm³/mol. The summed E-state index contributed by atoms with van der Waals surface area (Å²) < 4.78 is 5.83. The predicted octanol–water partition coefficient (Wildman–Crippen LogP) is 0.164. The number of aromatic amines is 1. The van der Waals surface area contributed by atoms with E-state index in [2.05, 4.69) is 9.84 Å². The molecular formula is C8H12N3O4+. The molecule has 1 rings (SSSR count). The highest BCUT2D eigenvalue weighted by molar-refractivity contribution is 5.68. The minimum absolute atomic E-state index is 0.0140. The number of H-pyrrole nitrogens is 1. The van der Waals surface area contributed by atoms with Gasteiger partial charge in [-0.25, -0.2) is 0 Å². The minimum atomic E-state index is -0.478. The van der Waals surface area contributed by atoms with E-state index >= 15 is 0 Å². The minimum Gasteiger partial charge on any atom is -0.469 e. The molecule has 0 unspecified atom stereocenters. The van der Waals surface area contributed by atoms with Gasteiger partial charge in [0.25, 0.3) is 0 Å². The van der Waals surface area contributed by atoms with Gasteiger partial charge in [0, 0.05) is 6.42 Å². The van der Waals surface area contributed by atoms with Crippen LogP contribution in [0.25, 0.3) is 0 Å². The van der Waals surface area contributed by atoms with Gasteiger partial charge < -0.3 is 4.74 Å². The molecular weight excluding hydrogens is 202 g/mol. The molecule has 1 N–H and O–H groups in total. The zero-order chi connectivity index (χ0) is 11.3. The lowest BCUT2D eigenvalue weighted by molar-refractivity contribution is -0.780. The highest BCUT2D eigenvalue weighted by Crippen LogP contribution is 2.01. The van der Waals surface area contributed by atoms with E-state index < -0.39 is 4.92 Å². The van der Waals surface area contributed by atoms with Gasteiger partial charge in [0.15, 0.2) is 6.54 Å². The highest BCUT2D eigenvalue weighted by Gasteiger charge is 2.23. The standard InChI is InChI=1S/C8H11N3O4/c1-15-8(12)3-2-6-10-7(11(13)14)4-5-9-10/h4-5H,2-3,6H2,1H3/p+1. The summed E-state index contributed by atoms with van der Waals surface area (Å²) in [4.78, 5) is 20.8. The topological polar surface area (TPSA) is 89.1 Å². The first kappa shape index (κ1) is 11.2. The van der Waals surface area contributed by atoms with Crippen LogP contribution in [-0.2, 0) is 16.1 Å². The summed E-state index contributed by atoms with van der Waals surface area (Å²) >= 11 is 0. The van der Waals surface area contributed by atoms with E-state index in [0.29, 0.717) is 13.0 Å². The third-order valence-corrected chi connectivity index (χ3v) is 1.92. The molecule has 1 aromatic rings. The Hall–Kier alpha value is -1.92. The van der Waals surface area contributed by atoms with Crippen LogP contribution in [0.1, 0.15) is 12.8 Å². The van der Waals surface area contributed by atoms with Gasteiger partial charge in [0.1, 0.15) is 11.0 Å².